The monoisotopic (exact) mass is 375 g/mol. The molecule has 1 fully saturated rings. The van der Waals surface area contributed by atoms with Crippen molar-refractivity contribution in [1.29, 1.82) is 0 Å². The number of ether oxygens (including phenoxy) is 3. The zero-order chi connectivity index (χ0) is 18.4. The summed E-state index contributed by atoms with van der Waals surface area (Å²) < 4.78 is 16.4. The number of hydrogen-bond donors (Lipinski definition) is 1. The van der Waals surface area contributed by atoms with Crippen molar-refractivity contribution in [2.24, 2.45) is 0 Å². The zero-order valence-electron chi connectivity index (χ0n) is 14.5. The van der Waals surface area contributed by atoms with Crippen molar-refractivity contribution < 1.29 is 23.8 Å². The van der Waals surface area contributed by atoms with Crippen molar-refractivity contribution in [3.63, 3.8) is 0 Å². The molecule has 3 rings (SSSR count). The fourth-order valence-corrected chi connectivity index (χ4v) is 3.42. The molecule has 0 aliphatic carbocycles. The number of hydrogen-bond acceptors (Lipinski definition) is 6. The van der Waals surface area contributed by atoms with Crippen LogP contribution in [0.25, 0.3) is 0 Å². The van der Waals surface area contributed by atoms with Crippen LogP contribution in [0.3, 0.4) is 0 Å². The first-order chi connectivity index (χ1) is 12.7. The highest BCUT2D eigenvalue weighted by Crippen LogP contribution is 2.29. The lowest BCUT2D eigenvalue weighted by atomic mass is 10.1. The van der Waals surface area contributed by atoms with Gasteiger partial charge in [-0.25, -0.2) is 4.79 Å². The van der Waals surface area contributed by atoms with Crippen LogP contribution in [0, 0.1) is 0 Å². The van der Waals surface area contributed by atoms with Gasteiger partial charge in [-0.1, -0.05) is 24.3 Å². The topological polar surface area (TPSA) is 73.9 Å². The van der Waals surface area contributed by atoms with Gasteiger partial charge >= 0.3 is 5.97 Å². The summed E-state index contributed by atoms with van der Waals surface area (Å²) in [4.78, 5) is 25.6. The molecule has 2 heterocycles. The van der Waals surface area contributed by atoms with Gasteiger partial charge in [0.15, 0.2) is 0 Å². The minimum absolute atomic E-state index is 0.00488. The molecule has 26 heavy (non-hydrogen) atoms. The molecule has 0 spiro atoms. The third kappa shape index (κ3) is 4.42. The van der Waals surface area contributed by atoms with Gasteiger partial charge in [0.05, 0.1) is 13.2 Å². The Morgan fingerprint density at radius 1 is 1.31 bits per heavy atom. The van der Waals surface area contributed by atoms with Crippen LogP contribution in [0.2, 0.25) is 0 Å². The first-order valence-electron chi connectivity index (χ1n) is 8.45. The number of methoxy groups -OCH3 is 1. The Hall–Kier alpha value is -2.38. The highest BCUT2D eigenvalue weighted by molar-refractivity contribution is 7.11. The van der Waals surface area contributed by atoms with Crippen molar-refractivity contribution in [2.45, 2.75) is 25.0 Å². The van der Waals surface area contributed by atoms with E-state index in [1.165, 1.54) is 18.4 Å². The Kier molecular flexibility index (Phi) is 6.25. The van der Waals surface area contributed by atoms with Gasteiger partial charge in [0.2, 0.25) is 6.10 Å². The molecule has 1 aliphatic rings. The lowest BCUT2D eigenvalue weighted by molar-refractivity contribution is -0.130. The average Bonchev–Trinajstić information content (AvgIpc) is 3.38. The highest BCUT2D eigenvalue weighted by atomic mass is 32.1. The van der Waals surface area contributed by atoms with Gasteiger partial charge in [0.25, 0.3) is 5.91 Å². The average molecular weight is 375 g/mol. The SMILES string of the molecule is COc1ccccc1[C@H](OC(=O)c1cccs1)C(=O)NC[C@H]1CCCO1. The molecular weight excluding hydrogens is 354 g/mol. The smallest absolute Gasteiger partial charge is 0.349 e. The predicted octanol–water partition coefficient (Wildman–Crippen LogP) is 2.95. The van der Waals surface area contributed by atoms with Crippen LogP contribution in [-0.2, 0) is 14.3 Å². The maximum absolute atomic E-state index is 12.8. The molecule has 1 aromatic heterocycles. The van der Waals surface area contributed by atoms with E-state index in [9.17, 15) is 9.59 Å². The first-order valence-corrected chi connectivity index (χ1v) is 9.33. The maximum atomic E-state index is 12.8. The standard InChI is InChI=1S/C19H21NO5S/c1-23-15-8-3-2-7-14(15)17(25-19(22)16-9-5-11-26-16)18(21)20-12-13-6-4-10-24-13/h2-3,5,7-9,11,13,17H,4,6,10,12H2,1H3,(H,20,21)/t13-,17+/m1/s1. The Labute approximate surface area is 156 Å². The Morgan fingerprint density at radius 2 is 2.15 bits per heavy atom. The van der Waals surface area contributed by atoms with Gasteiger partial charge in [-0.2, -0.15) is 0 Å². The summed E-state index contributed by atoms with van der Waals surface area (Å²) in [6.45, 7) is 1.10. The number of para-hydroxylation sites is 1. The summed E-state index contributed by atoms with van der Waals surface area (Å²) in [6.07, 6.45) is 0.811. The lowest BCUT2D eigenvalue weighted by Gasteiger charge is -2.20. The van der Waals surface area contributed by atoms with Crippen LogP contribution in [0.4, 0.5) is 0 Å². The van der Waals surface area contributed by atoms with Crippen molar-refractivity contribution in [3.8, 4) is 5.75 Å². The molecule has 0 saturated carbocycles. The van der Waals surface area contributed by atoms with Crippen LogP contribution in [0.5, 0.6) is 5.75 Å². The number of nitrogens with one attached hydrogen (secondary N) is 1. The molecule has 1 aliphatic heterocycles. The molecule has 0 unspecified atom stereocenters. The van der Waals surface area contributed by atoms with Gasteiger partial charge in [-0.15, -0.1) is 11.3 Å². The first kappa shape index (κ1) is 18.4. The molecule has 2 aromatic rings. The van der Waals surface area contributed by atoms with Gasteiger partial charge in [-0.3, -0.25) is 4.79 Å². The molecular formula is C19H21NO5S. The van der Waals surface area contributed by atoms with E-state index in [2.05, 4.69) is 5.32 Å². The van der Waals surface area contributed by atoms with Gasteiger partial charge in [0.1, 0.15) is 10.6 Å². The van der Waals surface area contributed by atoms with E-state index in [0.29, 0.717) is 29.3 Å². The Balaban J connectivity index is 1.78. The van der Waals surface area contributed by atoms with Crippen LogP contribution < -0.4 is 10.1 Å². The summed E-state index contributed by atoms with van der Waals surface area (Å²) in [7, 11) is 1.52. The van der Waals surface area contributed by atoms with E-state index in [0.717, 1.165) is 12.8 Å². The van der Waals surface area contributed by atoms with Crippen molar-refractivity contribution in [3.05, 3.63) is 52.2 Å². The molecule has 1 aromatic carbocycles. The molecule has 0 bridgehead atoms. The molecule has 1 N–H and O–H groups in total. The van der Waals surface area contributed by atoms with Crippen LogP contribution in [0.1, 0.15) is 34.2 Å². The van der Waals surface area contributed by atoms with Crippen LogP contribution >= 0.6 is 11.3 Å². The summed E-state index contributed by atoms with van der Waals surface area (Å²) in [5, 5.41) is 4.62. The van der Waals surface area contributed by atoms with Crippen molar-refractivity contribution >= 4 is 23.2 Å². The number of benzene rings is 1. The minimum atomic E-state index is -1.10. The zero-order valence-corrected chi connectivity index (χ0v) is 15.3. The molecule has 7 heteroatoms. The Bertz CT molecular complexity index is 740. The van der Waals surface area contributed by atoms with E-state index in [4.69, 9.17) is 14.2 Å². The third-order valence-corrected chi connectivity index (χ3v) is 4.98. The molecule has 138 valence electrons. The number of carbonyl (C=O) groups excluding carboxylic acids is 2. The van der Waals surface area contributed by atoms with Crippen molar-refractivity contribution in [2.75, 3.05) is 20.3 Å². The molecule has 6 nitrogen and oxygen atoms in total. The summed E-state index contributed by atoms with van der Waals surface area (Å²) in [5.41, 5.74) is 0.504. The second-order valence-corrected chi connectivity index (χ2v) is 6.83. The second-order valence-electron chi connectivity index (χ2n) is 5.88. The minimum Gasteiger partial charge on any atom is -0.496 e. The third-order valence-electron chi connectivity index (χ3n) is 4.13. The van der Waals surface area contributed by atoms with E-state index in [1.807, 2.05) is 0 Å². The van der Waals surface area contributed by atoms with Crippen LogP contribution in [0.15, 0.2) is 41.8 Å². The van der Waals surface area contributed by atoms with Gasteiger partial charge in [-0.05, 0) is 30.4 Å². The van der Waals surface area contributed by atoms with Crippen molar-refractivity contribution in [1.82, 2.24) is 5.32 Å². The highest BCUT2D eigenvalue weighted by Gasteiger charge is 2.29. The summed E-state index contributed by atoms with van der Waals surface area (Å²) in [5.74, 6) is -0.443. The number of carbonyl (C=O) groups is 2. The number of esters is 1. The van der Waals surface area contributed by atoms with E-state index in [-0.39, 0.29) is 6.10 Å². The summed E-state index contributed by atoms with van der Waals surface area (Å²) >= 11 is 1.27. The van der Waals surface area contributed by atoms with E-state index in [1.54, 1.807) is 41.8 Å². The Morgan fingerprint density at radius 3 is 2.85 bits per heavy atom. The number of rotatable bonds is 7. The molecule has 1 amide bonds. The number of thiophene rings is 1. The fourth-order valence-electron chi connectivity index (χ4n) is 2.81. The normalized spacial score (nSPS) is 17.5. The second kappa shape index (κ2) is 8.82. The van der Waals surface area contributed by atoms with E-state index < -0.39 is 18.0 Å². The molecule has 1 saturated heterocycles. The fraction of sp³-hybridized carbons (Fsp3) is 0.368. The largest absolute Gasteiger partial charge is 0.496 e. The number of amides is 1. The molecule has 0 radical (unpaired) electrons. The quantitative estimate of drug-likeness (QED) is 0.753. The van der Waals surface area contributed by atoms with Gasteiger partial charge < -0.3 is 19.5 Å². The predicted molar refractivity (Wildman–Crippen MR) is 97.5 cm³/mol. The maximum Gasteiger partial charge on any atom is 0.349 e. The van der Waals surface area contributed by atoms with Crippen LogP contribution in [-0.4, -0.2) is 38.2 Å². The molecule has 2 atom stereocenters. The summed E-state index contributed by atoms with van der Waals surface area (Å²) in [6, 6.07) is 10.4. The van der Waals surface area contributed by atoms with E-state index >= 15 is 0 Å². The lowest BCUT2D eigenvalue weighted by Crippen LogP contribution is -2.37. The van der Waals surface area contributed by atoms with Gasteiger partial charge in [0, 0.05) is 18.7 Å².